The average molecular weight is 546 g/mol. The van der Waals surface area contributed by atoms with Gasteiger partial charge >= 0.3 is 6.03 Å². The number of aryl methyl sites for hydroxylation is 1. The number of rotatable bonds is 15. The van der Waals surface area contributed by atoms with E-state index in [1.165, 1.54) is 0 Å². The molecule has 0 heterocycles. The van der Waals surface area contributed by atoms with Gasteiger partial charge in [0.2, 0.25) is 5.91 Å². The van der Waals surface area contributed by atoms with Crippen LogP contribution in [0.25, 0.3) is 0 Å². The maximum Gasteiger partial charge on any atom is 0.319 e. The number of hydrogen-bond acceptors (Lipinski definition) is 5. The second-order valence-electron chi connectivity index (χ2n) is 9.72. The molecule has 0 saturated heterocycles. The van der Waals surface area contributed by atoms with Crippen molar-refractivity contribution in [3.05, 3.63) is 96.1 Å². The van der Waals surface area contributed by atoms with Crippen molar-refractivity contribution in [1.29, 1.82) is 0 Å². The van der Waals surface area contributed by atoms with Crippen LogP contribution < -0.4 is 20.7 Å². The van der Waals surface area contributed by atoms with Gasteiger partial charge in [-0.3, -0.25) is 9.59 Å². The third-order valence-corrected chi connectivity index (χ3v) is 6.74. The van der Waals surface area contributed by atoms with Crippen molar-refractivity contribution in [2.45, 2.75) is 51.8 Å². The number of nitrogens with one attached hydrogen (secondary N) is 3. The van der Waals surface area contributed by atoms with Gasteiger partial charge in [-0.1, -0.05) is 87.0 Å². The van der Waals surface area contributed by atoms with Crippen LogP contribution in [-0.4, -0.2) is 43.5 Å². The van der Waals surface area contributed by atoms with Crippen LogP contribution in [0.15, 0.2) is 84.9 Å². The Morgan fingerprint density at radius 1 is 0.850 bits per heavy atom. The highest BCUT2D eigenvalue weighted by Crippen LogP contribution is 2.17. The van der Waals surface area contributed by atoms with Crippen molar-refractivity contribution in [1.82, 2.24) is 10.6 Å². The largest absolute Gasteiger partial charge is 0.497 e. The molecule has 0 aromatic heterocycles. The Hall–Kier alpha value is -4.17. The zero-order valence-corrected chi connectivity index (χ0v) is 23.4. The minimum absolute atomic E-state index is 0.133. The SMILES string of the molecule is CCC(C)[C@H](NC(=O)Nc1cccc(OC)c1)C(=O)N[C@@H](CCc1ccccc1)C(=O)COCc1ccccc1. The summed E-state index contributed by atoms with van der Waals surface area (Å²) in [6.07, 6.45) is 1.67. The summed E-state index contributed by atoms with van der Waals surface area (Å²) in [7, 11) is 1.55. The van der Waals surface area contributed by atoms with Gasteiger partial charge in [-0.05, 0) is 42.0 Å². The molecule has 0 aliphatic heterocycles. The van der Waals surface area contributed by atoms with Crippen LogP contribution in [0.4, 0.5) is 10.5 Å². The number of amides is 3. The number of methoxy groups -OCH3 is 1. The number of carbonyl (C=O) groups excluding carboxylic acids is 3. The molecule has 3 rings (SSSR count). The number of benzene rings is 3. The highest BCUT2D eigenvalue weighted by molar-refractivity contribution is 5.96. The highest BCUT2D eigenvalue weighted by Gasteiger charge is 2.30. The molecule has 0 saturated carbocycles. The second-order valence-corrected chi connectivity index (χ2v) is 9.72. The Morgan fingerprint density at radius 3 is 2.17 bits per heavy atom. The molecule has 0 aliphatic carbocycles. The van der Waals surface area contributed by atoms with Crippen LogP contribution in [0.1, 0.15) is 37.8 Å². The lowest BCUT2D eigenvalue weighted by Crippen LogP contribution is -2.55. The highest BCUT2D eigenvalue weighted by atomic mass is 16.5. The zero-order chi connectivity index (χ0) is 28.7. The Bertz CT molecular complexity index is 1220. The lowest BCUT2D eigenvalue weighted by Gasteiger charge is -2.26. The number of carbonyl (C=O) groups is 3. The molecule has 3 aromatic rings. The number of ether oxygens (including phenoxy) is 2. The van der Waals surface area contributed by atoms with Crippen LogP contribution in [0.3, 0.4) is 0 Å². The zero-order valence-electron chi connectivity index (χ0n) is 23.4. The number of ketones is 1. The van der Waals surface area contributed by atoms with E-state index >= 15 is 0 Å². The predicted octanol–water partition coefficient (Wildman–Crippen LogP) is 5.13. The van der Waals surface area contributed by atoms with Gasteiger partial charge in [0, 0.05) is 11.8 Å². The Morgan fingerprint density at radius 2 is 1.52 bits per heavy atom. The summed E-state index contributed by atoms with van der Waals surface area (Å²) >= 11 is 0. The number of anilines is 1. The van der Waals surface area contributed by atoms with Gasteiger partial charge in [0.25, 0.3) is 0 Å². The molecule has 3 aromatic carbocycles. The molecule has 40 heavy (non-hydrogen) atoms. The van der Waals surface area contributed by atoms with Crippen LogP contribution in [0.2, 0.25) is 0 Å². The molecule has 3 atom stereocenters. The maximum absolute atomic E-state index is 13.5. The fourth-order valence-electron chi connectivity index (χ4n) is 4.19. The molecule has 0 spiro atoms. The number of Topliss-reactive ketones (excluding diaryl/α,β-unsaturated/α-hetero) is 1. The lowest BCUT2D eigenvalue weighted by atomic mass is 9.96. The van der Waals surface area contributed by atoms with E-state index in [1.54, 1.807) is 31.4 Å². The normalized spacial score (nSPS) is 13.0. The summed E-state index contributed by atoms with van der Waals surface area (Å²) in [4.78, 5) is 39.5. The first-order valence-corrected chi connectivity index (χ1v) is 13.6. The molecule has 212 valence electrons. The average Bonchev–Trinajstić information content (AvgIpc) is 2.98. The third-order valence-electron chi connectivity index (χ3n) is 6.74. The quantitative estimate of drug-likeness (QED) is 0.245. The fraction of sp³-hybridized carbons (Fsp3) is 0.344. The van der Waals surface area contributed by atoms with E-state index < -0.39 is 24.0 Å². The summed E-state index contributed by atoms with van der Waals surface area (Å²) in [6.45, 7) is 4.00. The van der Waals surface area contributed by atoms with Gasteiger partial charge in [-0.15, -0.1) is 0 Å². The summed E-state index contributed by atoms with van der Waals surface area (Å²) < 4.78 is 10.9. The van der Waals surface area contributed by atoms with Crippen LogP contribution in [0, 0.1) is 5.92 Å². The topological polar surface area (TPSA) is 106 Å². The summed E-state index contributed by atoms with van der Waals surface area (Å²) in [5.74, 6) is -0.202. The molecule has 3 N–H and O–H groups in total. The second kappa shape index (κ2) is 16.1. The molecule has 0 bridgehead atoms. The molecule has 8 nitrogen and oxygen atoms in total. The predicted molar refractivity (Wildman–Crippen MR) is 156 cm³/mol. The van der Waals surface area contributed by atoms with E-state index in [0.29, 0.717) is 37.3 Å². The van der Waals surface area contributed by atoms with Gasteiger partial charge in [0.1, 0.15) is 18.4 Å². The Balaban J connectivity index is 1.67. The third kappa shape index (κ3) is 9.85. The fourth-order valence-corrected chi connectivity index (χ4v) is 4.19. The number of urea groups is 1. The van der Waals surface area contributed by atoms with E-state index in [1.807, 2.05) is 74.5 Å². The Labute approximate surface area is 236 Å². The van der Waals surface area contributed by atoms with E-state index in [4.69, 9.17) is 9.47 Å². The van der Waals surface area contributed by atoms with Crippen molar-refractivity contribution in [3.63, 3.8) is 0 Å². The van der Waals surface area contributed by atoms with Crippen molar-refractivity contribution in [3.8, 4) is 5.75 Å². The molecule has 8 heteroatoms. The van der Waals surface area contributed by atoms with Crippen molar-refractivity contribution in [2.24, 2.45) is 5.92 Å². The van der Waals surface area contributed by atoms with E-state index in [2.05, 4.69) is 16.0 Å². The smallest absolute Gasteiger partial charge is 0.319 e. The van der Waals surface area contributed by atoms with Crippen LogP contribution in [-0.2, 0) is 27.4 Å². The summed E-state index contributed by atoms with van der Waals surface area (Å²) in [6, 6.07) is 24.2. The Kier molecular flexibility index (Phi) is 12.2. The van der Waals surface area contributed by atoms with Crippen LogP contribution in [0.5, 0.6) is 5.75 Å². The van der Waals surface area contributed by atoms with Crippen molar-refractivity contribution in [2.75, 3.05) is 19.0 Å². The van der Waals surface area contributed by atoms with Crippen molar-refractivity contribution < 1.29 is 23.9 Å². The molecule has 0 radical (unpaired) electrons. The van der Waals surface area contributed by atoms with E-state index in [0.717, 1.165) is 11.1 Å². The molecule has 3 amide bonds. The van der Waals surface area contributed by atoms with E-state index in [-0.39, 0.29) is 18.3 Å². The minimum atomic E-state index is -0.840. The minimum Gasteiger partial charge on any atom is -0.497 e. The van der Waals surface area contributed by atoms with Gasteiger partial charge in [-0.2, -0.15) is 0 Å². The monoisotopic (exact) mass is 545 g/mol. The molecule has 0 aliphatic rings. The standard InChI is InChI=1S/C32H39N3O5/c1-4-23(2)30(35-32(38)33-26-16-11-17-27(20-26)39-3)31(37)34-28(19-18-24-12-7-5-8-13-24)29(36)22-40-21-25-14-9-6-10-15-25/h5-17,20,23,28,30H,4,18-19,21-22H2,1-3H3,(H,34,37)(H2,33,35,38)/t23?,28-,30-/m0/s1. The summed E-state index contributed by atoms with van der Waals surface area (Å²) in [5, 5.41) is 8.45. The van der Waals surface area contributed by atoms with Gasteiger partial charge in [0.05, 0.1) is 19.8 Å². The molecular weight excluding hydrogens is 506 g/mol. The first-order valence-electron chi connectivity index (χ1n) is 13.6. The lowest BCUT2D eigenvalue weighted by molar-refractivity contribution is -0.132. The number of hydrogen-bond donors (Lipinski definition) is 3. The first kappa shape index (κ1) is 30.4. The molecular formula is C32H39N3O5. The summed E-state index contributed by atoms with van der Waals surface area (Å²) in [5.41, 5.74) is 2.56. The van der Waals surface area contributed by atoms with Gasteiger partial charge in [0.15, 0.2) is 5.78 Å². The maximum atomic E-state index is 13.5. The van der Waals surface area contributed by atoms with Gasteiger partial charge in [-0.25, -0.2) is 4.79 Å². The van der Waals surface area contributed by atoms with E-state index in [9.17, 15) is 14.4 Å². The first-order chi connectivity index (χ1) is 19.4. The van der Waals surface area contributed by atoms with Gasteiger partial charge < -0.3 is 25.4 Å². The molecule has 1 unspecified atom stereocenters. The van der Waals surface area contributed by atoms with Crippen LogP contribution >= 0.6 is 0 Å². The molecule has 0 fully saturated rings. The van der Waals surface area contributed by atoms with Crippen molar-refractivity contribution >= 4 is 23.4 Å².